The van der Waals surface area contributed by atoms with Crippen LogP contribution in [0, 0.1) is 17.0 Å². The summed E-state index contributed by atoms with van der Waals surface area (Å²) in [6.45, 7) is 3.78. The van der Waals surface area contributed by atoms with Crippen LogP contribution in [0.4, 0.5) is 30.8 Å². The van der Waals surface area contributed by atoms with E-state index in [0.717, 1.165) is 49.2 Å². The number of pyridine rings is 1. The quantitative estimate of drug-likeness (QED) is 0.301. The van der Waals surface area contributed by atoms with Crippen LogP contribution in [0.5, 0.6) is 11.5 Å². The summed E-state index contributed by atoms with van der Waals surface area (Å²) in [7, 11) is 1.72. The van der Waals surface area contributed by atoms with Gasteiger partial charge in [-0.2, -0.15) is 0 Å². The first kappa shape index (κ1) is 29.9. The molecule has 2 aromatic carbocycles. The molecule has 1 aromatic heterocycles. The molecule has 1 aliphatic heterocycles. The van der Waals surface area contributed by atoms with Crippen molar-refractivity contribution < 1.29 is 27.9 Å². The van der Waals surface area contributed by atoms with E-state index < -0.39 is 28.9 Å². The molecule has 1 saturated carbocycles. The molecule has 0 atom stereocenters. The molecule has 43 heavy (non-hydrogen) atoms. The third kappa shape index (κ3) is 6.91. The number of carbonyl (C=O) groups excluding carboxylic acids is 3. The van der Waals surface area contributed by atoms with Gasteiger partial charge in [0.05, 0.1) is 5.69 Å². The summed E-state index contributed by atoms with van der Waals surface area (Å²) in [6.07, 6.45) is 5.27. The monoisotopic (exact) mass is 592 g/mol. The van der Waals surface area contributed by atoms with Crippen molar-refractivity contribution in [2.24, 2.45) is 11.1 Å². The number of nitrogens with zero attached hydrogens (tertiary/aromatic N) is 4. The van der Waals surface area contributed by atoms with Gasteiger partial charge >= 0.3 is 6.03 Å². The number of amides is 4. The summed E-state index contributed by atoms with van der Waals surface area (Å²) in [6, 6.07) is 11.6. The topological polar surface area (TPSA) is 121 Å². The van der Waals surface area contributed by atoms with Crippen molar-refractivity contribution in [3.8, 4) is 11.5 Å². The van der Waals surface area contributed by atoms with Crippen LogP contribution >= 0.6 is 0 Å². The van der Waals surface area contributed by atoms with E-state index in [4.69, 9.17) is 10.5 Å². The van der Waals surface area contributed by atoms with E-state index in [2.05, 4.69) is 15.2 Å². The minimum atomic E-state index is -1.43. The number of carbonyl (C=O) groups is 3. The first-order valence-electron chi connectivity index (χ1n) is 14.2. The highest BCUT2D eigenvalue weighted by molar-refractivity contribution is 6.16. The number of hydrogen-bond acceptors (Lipinski definition) is 6. The van der Waals surface area contributed by atoms with Gasteiger partial charge in [0, 0.05) is 37.6 Å². The highest BCUT2D eigenvalue weighted by atomic mass is 19.1. The Labute approximate surface area is 248 Å². The number of ether oxygens (including phenoxy) is 1. The lowest BCUT2D eigenvalue weighted by Gasteiger charge is -2.27. The smallest absolute Gasteiger partial charge is 0.322 e. The maximum absolute atomic E-state index is 15.5. The Morgan fingerprint density at radius 2 is 1.72 bits per heavy atom. The average Bonchev–Trinajstić information content (AvgIpc) is 3.65. The zero-order chi connectivity index (χ0) is 30.6. The number of hydrogen-bond donors (Lipinski definition) is 2. The van der Waals surface area contributed by atoms with Crippen LogP contribution in [0.2, 0.25) is 0 Å². The van der Waals surface area contributed by atoms with Gasteiger partial charge in [0.1, 0.15) is 28.5 Å². The van der Waals surface area contributed by atoms with E-state index in [1.165, 1.54) is 49.4 Å². The number of benzene rings is 2. The second kappa shape index (κ2) is 12.7. The first-order valence-corrected chi connectivity index (χ1v) is 14.2. The Kier molecular flexibility index (Phi) is 8.86. The van der Waals surface area contributed by atoms with Crippen LogP contribution in [-0.2, 0) is 9.59 Å². The Hall–Kier alpha value is -4.58. The van der Waals surface area contributed by atoms with Gasteiger partial charge < -0.3 is 20.3 Å². The normalized spacial score (nSPS) is 15.5. The van der Waals surface area contributed by atoms with Gasteiger partial charge in [-0.05, 0) is 94.2 Å². The molecule has 0 unspecified atom stereocenters. The molecule has 4 amide bonds. The van der Waals surface area contributed by atoms with Crippen LogP contribution in [0.25, 0.3) is 0 Å². The van der Waals surface area contributed by atoms with E-state index in [-0.39, 0.29) is 41.8 Å². The SMILES string of the molecule is CN(CCCN1CCCC1)C(=O)Nc1cc(Oc2ccc(N(C(=O)C3(C(N)=O)CC3)c3ccc(F)cc3)c(F)c2)ccn1. The lowest BCUT2D eigenvalue weighted by Crippen LogP contribution is -2.41. The van der Waals surface area contributed by atoms with E-state index >= 15 is 4.39 Å². The van der Waals surface area contributed by atoms with Crippen LogP contribution in [-0.4, -0.2) is 65.9 Å². The van der Waals surface area contributed by atoms with Gasteiger partial charge in [-0.1, -0.05) is 0 Å². The molecule has 2 heterocycles. The number of likely N-dealkylation sites (tertiary alicyclic amines) is 1. The fourth-order valence-electron chi connectivity index (χ4n) is 5.12. The molecule has 12 heteroatoms. The summed E-state index contributed by atoms with van der Waals surface area (Å²) in [5, 5.41) is 2.75. The molecular weight excluding hydrogens is 558 g/mol. The maximum Gasteiger partial charge on any atom is 0.322 e. The highest BCUT2D eigenvalue weighted by Gasteiger charge is 2.57. The van der Waals surface area contributed by atoms with Gasteiger partial charge in [0.25, 0.3) is 0 Å². The zero-order valence-corrected chi connectivity index (χ0v) is 23.9. The van der Waals surface area contributed by atoms with E-state index in [0.29, 0.717) is 12.3 Å². The van der Waals surface area contributed by atoms with Crippen molar-refractivity contribution in [3.05, 3.63) is 72.4 Å². The lowest BCUT2D eigenvalue weighted by molar-refractivity contribution is -0.133. The Bertz CT molecular complexity index is 1490. The maximum atomic E-state index is 15.5. The predicted octanol–water partition coefficient (Wildman–Crippen LogP) is 5.03. The molecule has 2 fully saturated rings. The Morgan fingerprint density at radius 3 is 2.37 bits per heavy atom. The summed E-state index contributed by atoms with van der Waals surface area (Å²) in [4.78, 5) is 47.4. The number of nitrogens with one attached hydrogen (secondary N) is 1. The number of halogens is 2. The fourth-order valence-corrected chi connectivity index (χ4v) is 5.12. The molecule has 226 valence electrons. The number of primary amides is 1. The Balaban J connectivity index is 1.27. The average molecular weight is 593 g/mol. The number of aromatic nitrogens is 1. The van der Waals surface area contributed by atoms with E-state index in [1.54, 1.807) is 18.0 Å². The van der Waals surface area contributed by atoms with Crippen LogP contribution < -0.4 is 20.7 Å². The van der Waals surface area contributed by atoms with Crippen LogP contribution in [0.3, 0.4) is 0 Å². The molecule has 0 radical (unpaired) electrons. The third-order valence-electron chi connectivity index (χ3n) is 7.79. The molecule has 5 rings (SSSR count). The van der Waals surface area contributed by atoms with Crippen molar-refractivity contribution in [1.29, 1.82) is 0 Å². The standard InChI is InChI=1S/C31H34F2N6O4/c1-37(15-4-18-38-16-2-3-17-38)30(42)36-27-20-24(11-14-35-27)43-23-9-10-26(25(33)19-23)39(22-7-5-21(32)6-8-22)29(41)31(12-13-31)28(34)40/h5-11,14,19-20H,2-4,12-13,15-18H2,1H3,(H2,34,40)(H,35,36,42). The molecular formula is C31H34F2N6O4. The van der Waals surface area contributed by atoms with Crippen LogP contribution in [0.1, 0.15) is 32.1 Å². The molecule has 0 bridgehead atoms. The van der Waals surface area contributed by atoms with Gasteiger partial charge in [-0.25, -0.2) is 18.6 Å². The van der Waals surface area contributed by atoms with Crippen molar-refractivity contribution in [2.75, 3.05) is 43.4 Å². The largest absolute Gasteiger partial charge is 0.457 e. The minimum Gasteiger partial charge on any atom is -0.457 e. The first-order chi connectivity index (χ1) is 20.7. The van der Waals surface area contributed by atoms with Gasteiger partial charge in [0.2, 0.25) is 11.8 Å². The Morgan fingerprint density at radius 1 is 1.02 bits per heavy atom. The molecule has 10 nitrogen and oxygen atoms in total. The molecule has 1 aliphatic carbocycles. The summed E-state index contributed by atoms with van der Waals surface area (Å²) in [5.41, 5.74) is 4.11. The van der Waals surface area contributed by atoms with Crippen molar-refractivity contribution in [1.82, 2.24) is 14.8 Å². The van der Waals surface area contributed by atoms with Crippen molar-refractivity contribution >= 4 is 35.0 Å². The van der Waals surface area contributed by atoms with Crippen LogP contribution in [0.15, 0.2) is 60.8 Å². The van der Waals surface area contributed by atoms with E-state index in [1.807, 2.05) is 0 Å². The molecule has 1 saturated heterocycles. The summed E-state index contributed by atoms with van der Waals surface area (Å²) < 4.78 is 35.0. The van der Waals surface area contributed by atoms with Gasteiger partial charge in [0.15, 0.2) is 5.82 Å². The summed E-state index contributed by atoms with van der Waals surface area (Å²) in [5.74, 6) is -2.14. The number of rotatable bonds is 11. The van der Waals surface area contributed by atoms with Crippen molar-refractivity contribution in [2.45, 2.75) is 32.1 Å². The zero-order valence-electron chi connectivity index (χ0n) is 23.9. The molecule has 3 aromatic rings. The van der Waals surface area contributed by atoms with E-state index in [9.17, 15) is 18.8 Å². The predicted molar refractivity (Wildman–Crippen MR) is 157 cm³/mol. The molecule has 2 aliphatic rings. The number of nitrogens with two attached hydrogens (primary N) is 1. The van der Waals surface area contributed by atoms with Gasteiger partial charge in [-0.15, -0.1) is 0 Å². The molecule has 0 spiro atoms. The number of anilines is 3. The molecule has 3 N–H and O–H groups in total. The lowest BCUT2D eigenvalue weighted by atomic mass is 10.0. The second-order valence-electron chi connectivity index (χ2n) is 10.9. The second-order valence-corrected chi connectivity index (χ2v) is 10.9. The minimum absolute atomic E-state index is 0.117. The van der Waals surface area contributed by atoms with Gasteiger partial charge in [-0.3, -0.25) is 19.8 Å². The highest BCUT2D eigenvalue weighted by Crippen LogP contribution is 2.49. The van der Waals surface area contributed by atoms with Crippen molar-refractivity contribution in [3.63, 3.8) is 0 Å². The number of urea groups is 1. The summed E-state index contributed by atoms with van der Waals surface area (Å²) >= 11 is 0. The fraction of sp³-hybridized carbons (Fsp3) is 0.355. The third-order valence-corrected chi connectivity index (χ3v) is 7.79.